The van der Waals surface area contributed by atoms with E-state index in [4.69, 9.17) is 0 Å². The van der Waals surface area contributed by atoms with Crippen LogP contribution < -0.4 is 5.32 Å². The van der Waals surface area contributed by atoms with Crippen molar-refractivity contribution in [3.8, 4) is 5.69 Å². The molecule has 0 saturated carbocycles. The summed E-state index contributed by atoms with van der Waals surface area (Å²) in [7, 11) is 0. The van der Waals surface area contributed by atoms with E-state index in [0.29, 0.717) is 5.82 Å². The van der Waals surface area contributed by atoms with Crippen molar-refractivity contribution in [1.29, 1.82) is 0 Å². The molecule has 0 fully saturated rings. The van der Waals surface area contributed by atoms with Crippen molar-refractivity contribution in [3.63, 3.8) is 0 Å². The monoisotopic (exact) mass is 377 g/mol. The van der Waals surface area contributed by atoms with Gasteiger partial charge >= 0.3 is 0 Å². The molecule has 0 aliphatic carbocycles. The first kappa shape index (κ1) is 17.0. The summed E-state index contributed by atoms with van der Waals surface area (Å²) in [5.41, 5.74) is 1.75. The van der Waals surface area contributed by atoms with Crippen LogP contribution in [0.25, 0.3) is 5.69 Å². The number of carbonyl (C=O) groups is 1. The predicted molar refractivity (Wildman–Crippen MR) is 99.3 cm³/mol. The number of hydrogen-bond acceptors (Lipinski definition) is 7. The van der Waals surface area contributed by atoms with Crippen LogP contribution in [0.15, 0.2) is 45.9 Å². The molecule has 0 aliphatic rings. The first-order valence-corrected chi connectivity index (χ1v) is 10.1. The van der Waals surface area contributed by atoms with Crippen molar-refractivity contribution < 1.29 is 4.79 Å². The molecule has 0 atom stereocenters. The number of hydrogen-bond donors (Lipinski definition) is 1. The van der Waals surface area contributed by atoms with E-state index in [1.807, 2.05) is 49.6 Å². The van der Waals surface area contributed by atoms with Gasteiger partial charge in [-0.25, -0.2) is 9.67 Å². The number of amides is 1. The van der Waals surface area contributed by atoms with Gasteiger partial charge in [0.1, 0.15) is 5.82 Å². The molecular formula is C15H15N5OS3. The Labute approximate surface area is 152 Å². The maximum Gasteiger partial charge on any atom is 0.235 e. The molecule has 1 aromatic carbocycles. The first-order chi connectivity index (χ1) is 11.7. The highest BCUT2D eigenvalue weighted by molar-refractivity contribution is 8.01. The fourth-order valence-corrected chi connectivity index (χ4v) is 4.01. The number of aryl methyl sites for hydroxylation is 1. The van der Waals surface area contributed by atoms with Crippen LogP contribution >= 0.6 is 35.1 Å². The van der Waals surface area contributed by atoms with Crippen molar-refractivity contribution in [2.45, 2.75) is 16.4 Å². The van der Waals surface area contributed by atoms with Gasteiger partial charge < -0.3 is 5.32 Å². The van der Waals surface area contributed by atoms with Crippen LogP contribution in [-0.2, 0) is 4.79 Å². The number of nitrogens with zero attached hydrogens (tertiary/aromatic N) is 4. The Balaban J connectivity index is 1.66. The third-order valence-electron chi connectivity index (χ3n) is 3.00. The molecule has 0 saturated heterocycles. The topological polar surface area (TPSA) is 72.7 Å². The van der Waals surface area contributed by atoms with E-state index < -0.39 is 0 Å². The van der Waals surface area contributed by atoms with Crippen LogP contribution in [0, 0.1) is 6.92 Å². The predicted octanol–water partition coefficient (Wildman–Crippen LogP) is 3.48. The van der Waals surface area contributed by atoms with Crippen LogP contribution in [0.3, 0.4) is 0 Å². The number of carbonyl (C=O) groups excluding carboxylic acids is 1. The van der Waals surface area contributed by atoms with E-state index >= 15 is 0 Å². The molecule has 2 aromatic heterocycles. The summed E-state index contributed by atoms with van der Waals surface area (Å²) in [5.74, 6) is 0.839. The average molecular weight is 378 g/mol. The molecule has 24 heavy (non-hydrogen) atoms. The molecule has 6 nitrogen and oxygen atoms in total. The molecule has 2 heterocycles. The smallest absolute Gasteiger partial charge is 0.235 e. The number of benzene rings is 1. The van der Waals surface area contributed by atoms with Crippen LogP contribution in [0.1, 0.15) is 5.69 Å². The van der Waals surface area contributed by atoms with E-state index in [9.17, 15) is 4.79 Å². The average Bonchev–Trinajstić information content (AvgIpc) is 3.20. The van der Waals surface area contributed by atoms with E-state index in [-0.39, 0.29) is 11.7 Å². The fraction of sp³-hybridized carbons (Fsp3) is 0.200. The van der Waals surface area contributed by atoms with Gasteiger partial charge in [0.2, 0.25) is 11.1 Å². The Morgan fingerprint density at radius 1 is 1.33 bits per heavy atom. The van der Waals surface area contributed by atoms with Crippen LogP contribution in [-0.4, -0.2) is 37.1 Å². The van der Waals surface area contributed by atoms with Gasteiger partial charge in [0, 0.05) is 6.07 Å². The minimum absolute atomic E-state index is 0.0991. The number of anilines is 1. The maximum atomic E-state index is 12.2. The highest BCUT2D eigenvalue weighted by Crippen LogP contribution is 2.24. The zero-order valence-electron chi connectivity index (χ0n) is 13.1. The molecule has 1 N–H and O–H groups in total. The summed E-state index contributed by atoms with van der Waals surface area (Å²) in [6.45, 7) is 1.90. The SMILES string of the molecule is CSc1nsc(SCC(=O)Nc2cc(C)nn2-c2ccccc2)n1. The van der Waals surface area contributed by atoms with Gasteiger partial charge in [-0.1, -0.05) is 41.7 Å². The lowest BCUT2D eigenvalue weighted by molar-refractivity contribution is -0.113. The molecule has 0 bridgehead atoms. The zero-order valence-corrected chi connectivity index (χ0v) is 15.5. The highest BCUT2D eigenvalue weighted by Gasteiger charge is 2.12. The lowest BCUT2D eigenvalue weighted by Gasteiger charge is -2.08. The van der Waals surface area contributed by atoms with Gasteiger partial charge in [0.15, 0.2) is 4.34 Å². The second-order valence-electron chi connectivity index (χ2n) is 4.80. The quantitative estimate of drug-likeness (QED) is 0.663. The zero-order chi connectivity index (χ0) is 16.9. The molecular weight excluding hydrogens is 362 g/mol. The van der Waals surface area contributed by atoms with Gasteiger partial charge in [-0.2, -0.15) is 9.47 Å². The number of para-hydroxylation sites is 1. The van der Waals surface area contributed by atoms with Crippen molar-refractivity contribution in [3.05, 3.63) is 42.1 Å². The number of aromatic nitrogens is 4. The Morgan fingerprint density at radius 2 is 2.12 bits per heavy atom. The summed E-state index contributed by atoms with van der Waals surface area (Å²) in [6, 6.07) is 11.6. The maximum absolute atomic E-state index is 12.2. The van der Waals surface area contributed by atoms with Gasteiger partial charge in [-0.05, 0) is 36.8 Å². The summed E-state index contributed by atoms with van der Waals surface area (Å²) in [5, 5.41) is 8.09. The molecule has 3 aromatic rings. The van der Waals surface area contributed by atoms with Crippen molar-refractivity contribution in [2.24, 2.45) is 0 Å². The Kier molecular flexibility index (Phi) is 5.54. The van der Waals surface area contributed by atoms with Gasteiger partial charge in [0.05, 0.1) is 17.1 Å². The molecule has 9 heteroatoms. The Morgan fingerprint density at radius 3 is 2.83 bits per heavy atom. The van der Waals surface area contributed by atoms with Gasteiger partial charge in [-0.3, -0.25) is 4.79 Å². The van der Waals surface area contributed by atoms with E-state index in [0.717, 1.165) is 20.9 Å². The minimum Gasteiger partial charge on any atom is -0.310 e. The molecule has 0 aliphatic heterocycles. The Hall–Kier alpha value is -1.84. The van der Waals surface area contributed by atoms with Crippen LogP contribution in [0.5, 0.6) is 0 Å². The normalized spacial score (nSPS) is 10.8. The molecule has 1 amide bonds. The van der Waals surface area contributed by atoms with Crippen LogP contribution in [0.2, 0.25) is 0 Å². The second kappa shape index (κ2) is 7.82. The second-order valence-corrected chi connectivity index (χ2v) is 7.55. The van der Waals surface area contributed by atoms with E-state index in [1.165, 1.54) is 35.1 Å². The number of rotatable bonds is 6. The lowest BCUT2D eigenvalue weighted by atomic mass is 10.3. The fourth-order valence-electron chi connectivity index (χ4n) is 2.00. The summed E-state index contributed by atoms with van der Waals surface area (Å²) >= 11 is 4.18. The molecule has 124 valence electrons. The van der Waals surface area contributed by atoms with Crippen molar-refractivity contribution in [2.75, 3.05) is 17.3 Å². The van der Waals surface area contributed by atoms with Crippen molar-refractivity contribution in [1.82, 2.24) is 19.1 Å². The summed E-state index contributed by atoms with van der Waals surface area (Å²) in [6.07, 6.45) is 1.93. The highest BCUT2D eigenvalue weighted by atomic mass is 32.2. The Bertz CT molecular complexity index is 831. The van der Waals surface area contributed by atoms with Crippen LogP contribution in [0.4, 0.5) is 5.82 Å². The lowest BCUT2D eigenvalue weighted by Crippen LogP contribution is -2.16. The van der Waals surface area contributed by atoms with Crippen molar-refractivity contribution >= 4 is 46.8 Å². The molecule has 0 spiro atoms. The molecule has 0 radical (unpaired) electrons. The molecule has 0 unspecified atom stereocenters. The third-order valence-corrected chi connectivity index (χ3v) is 5.49. The van der Waals surface area contributed by atoms with Gasteiger partial charge in [0.25, 0.3) is 0 Å². The first-order valence-electron chi connectivity index (χ1n) is 7.08. The largest absolute Gasteiger partial charge is 0.310 e. The summed E-state index contributed by atoms with van der Waals surface area (Å²) in [4.78, 5) is 16.5. The third kappa shape index (κ3) is 4.16. The molecule has 3 rings (SSSR count). The number of nitrogens with one attached hydrogen (secondary N) is 1. The number of thioether (sulfide) groups is 2. The van der Waals surface area contributed by atoms with E-state index in [1.54, 1.807) is 4.68 Å². The summed E-state index contributed by atoms with van der Waals surface area (Å²) < 4.78 is 6.71. The van der Waals surface area contributed by atoms with E-state index in [2.05, 4.69) is 19.8 Å². The van der Waals surface area contributed by atoms with Gasteiger partial charge in [-0.15, -0.1) is 0 Å². The minimum atomic E-state index is -0.0991. The standard InChI is InChI=1S/C15H15N5OS3/c1-10-8-12(20(18-10)11-6-4-3-5-7-11)16-13(21)9-23-15-17-14(22-2)19-24-15/h3-8H,9H2,1-2H3,(H,16,21).